The minimum atomic E-state index is -0.301. The molecule has 3 heterocycles. The Morgan fingerprint density at radius 2 is 1.66 bits per heavy atom. The van der Waals surface area contributed by atoms with Gasteiger partial charge in [0.1, 0.15) is 11.6 Å². The molecule has 0 saturated heterocycles. The van der Waals surface area contributed by atoms with Gasteiger partial charge in [0.25, 0.3) is 0 Å². The average Bonchev–Trinajstić information content (AvgIpc) is 3.18. The third kappa shape index (κ3) is 3.51. The van der Waals surface area contributed by atoms with Crippen molar-refractivity contribution in [1.29, 1.82) is 0 Å². The van der Waals surface area contributed by atoms with E-state index in [0.717, 1.165) is 16.8 Å². The quantitative estimate of drug-likeness (QED) is 0.479. The largest absolute Gasteiger partial charge is 0.338 e. The summed E-state index contributed by atoms with van der Waals surface area (Å²) in [4.78, 5) is 24.7. The zero-order valence-electron chi connectivity index (χ0n) is 15.0. The third-order valence-electron chi connectivity index (χ3n) is 4.31. The van der Waals surface area contributed by atoms with Crippen molar-refractivity contribution >= 4 is 22.7 Å². The molecule has 0 fully saturated rings. The van der Waals surface area contributed by atoms with E-state index in [1.54, 1.807) is 36.9 Å². The molecule has 3 aromatic heterocycles. The Bertz CT molecular complexity index is 1280. The number of H-pyrrole nitrogens is 1. The number of nitrogens with one attached hydrogen (secondary N) is 2. The highest BCUT2D eigenvalue weighted by atomic mass is 19.1. The summed E-state index contributed by atoms with van der Waals surface area (Å²) in [5.41, 5.74) is 3.76. The summed E-state index contributed by atoms with van der Waals surface area (Å²) < 4.78 is 13.4. The number of nitrogens with zero attached hydrogens (tertiary/aromatic N) is 5. The molecule has 0 unspecified atom stereocenters. The number of halogens is 1. The van der Waals surface area contributed by atoms with E-state index in [0.29, 0.717) is 28.6 Å². The fraction of sp³-hybridized carbons (Fsp3) is 0. The third-order valence-corrected chi connectivity index (χ3v) is 4.31. The van der Waals surface area contributed by atoms with Crippen LogP contribution in [0.1, 0.15) is 0 Å². The van der Waals surface area contributed by atoms with E-state index in [2.05, 4.69) is 35.2 Å². The number of imidazole rings is 1. The molecule has 29 heavy (non-hydrogen) atoms. The molecule has 5 aromatic rings. The molecule has 0 radical (unpaired) electrons. The van der Waals surface area contributed by atoms with Crippen molar-refractivity contribution in [3.63, 3.8) is 0 Å². The van der Waals surface area contributed by atoms with Crippen LogP contribution in [0.25, 0.3) is 33.8 Å². The zero-order chi connectivity index (χ0) is 19.6. The molecule has 0 bridgehead atoms. The van der Waals surface area contributed by atoms with Crippen molar-refractivity contribution in [2.24, 2.45) is 0 Å². The van der Waals surface area contributed by atoms with Gasteiger partial charge in [-0.05, 0) is 36.4 Å². The zero-order valence-corrected chi connectivity index (χ0v) is 15.0. The summed E-state index contributed by atoms with van der Waals surface area (Å²) in [7, 11) is 0. The highest BCUT2D eigenvalue weighted by molar-refractivity contribution is 5.80. The number of benzene rings is 2. The molecule has 0 aliphatic rings. The first-order chi connectivity index (χ1) is 14.2. The molecule has 0 amide bonds. The number of hydrogen-bond donors (Lipinski definition) is 2. The number of fused-ring (bicyclic) bond motifs is 1. The Morgan fingerprint density at radius 1 is 0.828 bits per heavy atom. The van der Waals surface area contributed by atoms with Gasteiger partial charge in [0.2, 0.25) is 5.95 Å². The molecule has 0 atom stereocenters. The van der Waals surface area contributed by atoms with Crippen LogP contribution >= 0.6 is 0 Å². The summed E-state index contributed by atoms with van der Waals surface area (Å²) in [6, 6.07) is 13.9. The monoisotopic (exact) mass is 383 g/mol. The van der Waals surface area contributed by atoms with Gasteiger partial charge < -0.3 is 10.3 Å². The maximum atomic E-state index is 13.4. The fourth-order valence-electron chi connectivity index (χ4n) is 2.95. The van der Waals surface area contributed by atoms with Crippen molar-refractivity contribution < 1.29 is 4.39 Å². The number of hydrogen-bond acceptors (Lipinski definition) is 6. The minimum absolute atomic E-state index is 0.301. The van der Waals surface area contributed by atoms with Crippen molar-refractivity contribution in [2.75, 3.05) is 5.32 Å². The number of rotatable bonds is 4. The van der Waals surface area contributed by atoms with Crippen LogP contribution in [0.3, 0.4) is 0 Å². The van der Waals surface area contributed by atoms with Crippen LogP contribution in [0.15, 0.2) is 73.3 Å². The first-order valence-electron chi connectivity index (χ1n) is 8.87. The van der Waals surface area contributed by atoms with Crippen molar-refractivity contribution in [1.82, 2.24) is 29.9 Å². The maximum Gasteiger partial charge on any atom is 0.227 e. The molecular weight excluding hydrogens is 369 g/mol. The molecule has 0 aliphatic heterocycles. The van der Waals surface area contributed by atoms with E-state index in [1.165, 1.54) is 12.1 Å². The van der Waals surface area contributed by atoms with E-state index in [1.807, 2.05) is 24.3 Å². The van der Waals surface area contributed by atoms with E-state index in [9.17, 15) is 4.39 Å². The van der Waals surface area contributed by atoms with Crippen LogP contribution in [0, 0.1) is 5.82 Å². The SMILES string of the molecule is Fc1ccc2nc(-c3cccc(Nc4ncc(-c5ncccn5)cn4)c3)[nH]c2c1. The molecule has 0 spiro atoms. The van der Waals surface area contributed by atoms with Gasteiger partial charge in [0, 0.05) is 36.0 Å². The Kier molecular flexibility index (Phi) is 4.14. The van der Waals surface area contributed by atoms with E-state index in [4.69, 9.17) is 0 Å². The summed E-state index contributed by atoms with van der Waals surface area (Å²) in [6.45, 7) is 0. The molecule has 2 aromatic carbocycles. The first-order valence-corrected chi connectivity index (χ1v) is 8.87. The van der Waals surface area contributed by atoms with Gasteiger partial charge in [0.15, 0.2) is 5.82 Å². The maximum absolute atomic E-state index is 13.4. The number of aromatic nitrogens is 6. The lowest BCUT2D eigenvalue weighted by atomic mass is 10.2. The van der Waals surface area contributed by atoms with Gasteiger partial charge in [-0.1, -0.05) is 12.1 Å². The second kappa shape index (κ2) is 7.08. The highest BCUT2D eigenvalue weighted by Gasteiger charge is 2.08. The first kappa shape index (κ1) is 16.9. The molecular formula is C21H14FN7. The predicted octanol–water partition coefficient (Wildman–Crippen LogP) is 4.36. The smallest absolute Gasteiger partial charge is 0.227 e. The lowest BCUT2D eigenvalue weighted by molar-refractivity contribution is 0.629. The van der Waals surface area contributed by atoms with Gasteiger partial charge >= 0.3 is 0 Å². The van der Waals surface area contributed by atoms with Gasteiger partial charge in [-0.3, -0.25) is 0 Å². The van der Waals surface area contributed by atoms with Crippen molar-refractivity contribution in [2.45, 2.75) is 0 Å². The Morgan fingerprint density at radius 3 is 2.48 bits per heavy atom. The second-order valence-electron chi connectivity index (χ2n) is 6.32. The summed E-state index contributed by atoms with van der Waals surface area (Å²) in [6.07, 6.45) is 6.68. The Labute approximate surface area is 164 Å². The van der Waals surface area contributed by atoms with E-state index >= 15 is 0 Å². The molecule has 0 saturated carbocycles. The number of aromatic amines is 1. The standard InChI is InChI=1S/C21H14FN7/c22-15-5-6-17-18(10-15)29-20(28-17)13-3-1-4-16(9-13)27-21-25-11-14(12-26-21)19-23-7-2-8-24-19/h1-12H,(H,28,29)(H,25,26,27). The highest BCUT2D eigenvalue weighted by Crippen LogP contribution is 2.24. The summed E-state index contributed by atoms with van der Waals surface area (Å²) in [5.74, 6) is 1.38. The van der Waals surface area contributed by atoms with E-state index in [-0.39, 0.29) is 5.82 Å². The van der Waals surface area contributed by atoms with Crippen molar-refractivity contribution in [3.05, 3.63) is 79.1 Å². The Hall–Kier alpha value is -4.20. The molecule has 5 rings (SSSR count). The lowest BCUT2D eigenvalue weighted by Gasteiger charge is -2.06. The van der Waals surface area contributed by atoms with Crippen LogP contribution in [-0.4, -0.2) is 29.9 Å². The Balaban J connectivity index is 1.39. The molecule has 2 N–H and O–H groups in total. The van der Waals surface area contributed by atoms with Crippen LogP contribution < -0.4 is 5.32 Å². The van der Waals surface area contributed by atoms with Crippen molar-refractivity contribution in [3.8, 4) is 22.8 Å². The number of anilines is 2. The van der Waals surface area contributed by atoms with Gasteiger partial charge in [-0.25, -0.2) is 29.3 Å². The van der Waals surface area contributed by atoms with Gasteiger partial charge in [-0.15, -0.1) is 0 Å². The average molecular weight is 383 g/mol. The van der Waals surface area contributed by atoms with E-state index < -0.39 is 0 Å². The van der Waals surface area contributed by atoms with Gasteiger partial charge in [0.05, 0.1) is 16.6 Å². The van der Waals surface area contributed by atoms with Crippen LogP contribution in [0.5, 0.6) is 0 Å². The second-order valence-corrected chi connectivity index (χ2v) is 6.32. The minimum Gasteiger partial charge on any atom is -0.338 e. The summed E-state index contributed by atoms with van der Waals surface area (Å²) >= 11 is 0. The van der Waals surface area contributed by atoms with Gasteiger partial charge in [-0.2, -0.15) is 0 Å². The summed E-state index contributed by atoms with van der Waals surface area (Å²) in [5, 5.41) is 3.17. The van der Waals surface area contributed by atoms with Crippen LogP contribution in [0.4, 0.5) is 16.0 Å². The molecule has 0 aliphatic carbocycles. The normalized spacial score (nSPS) is 10.9. The fourth-order valence-corrected chi connectivity index (χ4v) is 2.95. The molecule has 7 nitrogen and oxygen atoms in total. The van der Waals surface area contributed by atoms with Crippen LogP contribution in [0.2, 0.25) is 0 Å². The topological polar surface area (TPSA) is 92.3 Å². The molecule has 8 heteroatoms. The lowest BCUT2D eigenvalue weighted by Crippen LogP contribution is -1.98. The van der Waals surface area contributed by atoms with Crippen LogP contribution in [-0.2, 0) is 0 Å². The molecule has 140 valence electrons. The predicted molar refractivity (Wildman–Crippen MR) is 108 cm³/mol.